The predicted molar refractivity (Wildman–Crippen MR) is 72.1 cm³/mol. The third-order valence-electron chi connectivity index (χ3n) is 2.72. The van der Waals surface area contributed by atoms with Gasteiger partial charge in [-0.2, -0.15) is 0 Å². The number of unbranched alkanes of at least 4 members (excludes halogenated alkanes) is 1. The second kappa shape index (κ2) is 12.6. The highest BCUT2D eigenvalue weighted by molar-refractivity contribution is 5.79. The van der Waals surface area contributed by atoms with Gasteiger partial charge in [0.15, 0.2) is 0 Å². The van der Waals surface area contributed by atoms with E-state index in [4.69, 9.17) is 20.4 Å². The van der Waals surface area contributed by atoms with E-state index < -0.39 is 0 Å². The second-order valence-corrected chi connectivity index (χ2v) is 4.23. The lowest BCUT2D eigenvalue weighted by molar-refractivity contribution is 0.132. The van der Waals surface area contributed by atoms with Crippen LogP contribution >= 0.6 is 0 Å². The summed E-state index contributed by atoms with van der Waals surface area (Å²) < 4.78 is 10.1. The van der Waals surface area contributed by atoms with Crippen LogP contribution in [-0.4, -0.2) is 63.0 Å². The van der Waals surface area contributed by atoms with Crippen molar-refractivity contribution >= 4 is 5.84 Å². The highest BCUT2D eigenvalue weighted by Gasteiger charge is 2.04. The van der Waals surface area contributed by atoms with E-state index >= 15 is 0 Å². The summed E-state index contributed by atoms with van der Waals surface area (Å²) in [6.45, 7) is 4.48. The van der Waals surface area contributed by atoms with E-state index in [0.717, 1.165) is 52.1 Å². The SMILES string of the molecule is COCCCN(CCCC/C(N)=N/O)CCOC. The largest absolute Gasteiger partial charge is 0.409 e. The number of nitrogens with two attached hydrogens (primary N) is 1. The van der Waals surface area contributed by atoms with E-state index in [1.807, 2.05) is 0 Å². The van der Waals surface area contributed by atoms with Gasteiger partial charge in [0.25, 0.3) is 0 Å². The molecule has 0 aromatic heterocycles. The lowest BCUT2D eigenvalue weighted by Gasteiger charge is -2.21. The zero-order valence-corrected chi connectivity index (χ0v) is 11.6. The van der Waals surface area contributed by atoms with E-state index in [1.54, 1.807) is 14.2 Å². The number of oxime groups is 1. The molecule has 0 heterocycles. The van der Waals surface area contributed by atoms with E-state index in [9.17, 15) is 0 Å². The summed E-state index contributed by atoms with van der Waals surface area (Å²) in [5.74, 6) is 0.304. The molecular formula is C12H27N3O3. The molecule has 0 aliphatic heterocycles. The lowest BCUT2D eigenvalue weighted by atomic mass is 10.2. The molecule has 0 radical (unpaired) electrons. The van der Waals surface area contributed by atoms with Crippen molar-refractivity contribution in [2.45, 2.75) is 25.7 Å². The number of methoxy groups -OCH3 is 2. The van der Waals surface area contributed by atoms with Crippen LogP contribution in [-0.2, 0) is 9.47 Å². The third-order valence-corrected chi connectivity index (χ3v) is 2.72. The fourth-order valence-corrected chi connectivity index (χ4v) is 1.68. The maximum Gasteiger partial charge on any atom is 0.139 e. The van der Waals surface area contributed by atoms with Gasteiger partial charge in [0.05, 0.1) is 6.61 Å². The van der Waals surface area contributed by atoms with Gasteiger partial charge in [-0.05, 0) is 25.8 Å². The average molecular weight is 261 g/mol. The van der Waals surface area contributed by atoms with Gasteiger partial charge in [-0.15, -0.1) is 0 Å². The normalized spacial score (nSPS) is 12.3. The summed E-state index contributed by atoms with van der Waals surface area (Å²) in [5.41, 5.74) is 5.42. The molecule has 0 aromatic carbocycles. The first-order chi connectivity index (χ1) is 8.74. The summed E-state index contributed by atoms with van der Waals surface area (Å²) in [5, 5.41) is 11.4. The van der Waals surface area contributed by atoms with Crippen LogP contribution in [0, 0.1) is 0 Å². The Labute approximate surface area is 110 Å². The molecule has 0 aliphatic carbocycles. The number of nitrogens with zero attached hydrogens (tertiary/aromatic N) is 2. The van der Waals surface area contributed by atoms with E-state index in [1.165, 1.54) is 0 Å². The average Bonchev–Trinajstić information content (AvgIpc) is 2.39. The zero-order chi connectivity index (χ0) is 13.6. The topological polar surface area (TPSA) is 80.3 Å². The van der Waals surface area contributed by atoms with Crippen LogP contribution in [0.3, 0.4) is 0 Å². The highest BCUT2D eigenvalue weighted by atomic mass is 16.5. The maximum absolute atomic E-state index is 8.42. The van der Waals surface area contributed by atoms with Crippen LogP contribution in [0.15, 0.2) is 5.16 Å². The van der Waals surface area contributed by atoms with Crippen LogP contribution in [0.25, 0.3) is 0 Å². The summed E-state index contributed by atoms with van der Waals surface area (Å²) >= 11 is 0. The molecule has 0 rings (SSSR count). The standard InChI is InChI=1S/C12H27N3O3/c1-17-10-5-8-15(9-11-18-2)7-4-3-6-12(13)14-16/h16H,3-11H2,1-2H3,(H2,13,14). The molecule has 0 spiro atoms. The minimum Gasteiger partial charge on any atom is -0.409 e. The summed E-state index contributed by atoms with van der Waals surface area (Å²) in [4.78, 5) is 2.36. The Morgan fingerprint density at radius 1 is 1.06 bits per heavy atom. The van der Waals surface area contributed by atoms with Crippen molar-refractivity contribution in [1.29, 1.82) is 0 Å². The molecule has 3 N–H and O–H groups in total. The number of ether oxygens (including phenoxy) is 2. The maximum atomic E-state index is 8.42. The molecule has 0 saturated carbocycles. The fourth-order valence-electron chi connectivity index (χ4n) is 1.68. The van der Waals surface area contributed by atoms with Crippen LogP contribution in [0.5, 0.6) is 0 Å². The van der Waals surface area contributed by atoms with Crippen molar-refractivity contribution in [2.24, 2.45) is 10.9 Å². The van der Waals surface area contributed by atoms with Crippen LogP contribution < -0.4 is 5.73 Å². The minimum absolute atomic E-state index is 0.304. The Kier molecular flexibility index (Phi) is 12.0. The molecule has 0 atom stereocenters. The summed E-state index contributed by atoms with van der Waals surface area (Å²) in [6.07, 6.45) is 3.64. The molecular weight excluding hydrogens is 234 g/mol. The smallest absolute Gasteiger partial charge is 0.139 e. The number of hydrogen-bond donors (Lipinski definition) is 2. The summed E-state index contributed by atoms with van der Waals surface area (Å²) in [6, 6.07) is 0. The van der Waals surface area contributed by atoms with Gasteiger partial charge in [0, 0.05) is 40.3 Å². The van der Waals surface area contributed by atoms with Gasteiger partial charge in [0.1, 0.15) is 5.84 Å². The third kappa shape index (κ3) is 10.3. The molecule has 0 unspecified atom stereocenters. The second-order valence-electron chi connectivity index (χ2n) is 4.23. The number of hydrogen-bond acceptors (Lipinski definition) is 5. The fraction of sp³-hybridized carbons (Fsp3) is 0.917. The zero-order valence-electron chi connectivity index (χ0n) is 11.6. The number of amidine groups is 1. The molecule has 6 heteroatoms. The molecule has 0 amide bonds. The van der Waals surface area contributed by atoms with Gasteiger partial charge < -0.3 is 25.3 Å². The Bertz CT molecular complexity index is 213. The van der Waals surface area contributed by atoms with E-state index in [-0.39, 0.29) is 0 Å². The first-order valence-electron chi connectivity index (χ1n) is 6.41. The highest BCUT2D eigenvalue weighted by Crippen LogP contribution is 2.00. The first kappa shape index (κ1) is 17.2. The van der Waals surface area contributed by atoms with Crippen molar-refractivity contribution in [2.75, 3.05) is 47.1 Å². The molecule has 108 valence electrons. The Balaban J connectivity index is 3.70. The van der Waals surface area contributed by atoms with Crippen molar-refractivity contribution < 1.29 is 14.7 Å². The molecule has 0 aromatic rings. The van der Waals surface area contributed by atoms with Crippen molar-refractivity contribution in [3.8, 4) is 0 Å². The van der Waals surface area contributed by atoms with E-state index in [2.05, 4.69) is 10.1 Å². The van der Waals surface area contributed by atoms with E-state index in [0.29, 0.717) is 12.3 Å². The minimum atomic E-state index is 0.304. The monoisotopic (exact) mass is 261 g/mol. The van der Waals surface area contributed by atoms with Crippen LogP contribution in [0.4, 0.5) is 0 Å². The van der Waals surface area contributed by atoms with Gasteiger partial charge in [0.2, 0.25) is 0 Å². The van der Waals surface area contributed by atoms with Crippen molar-refractivity contribution in [3.63, 3.8) is 0 Å². The van der Waals surface area contributed by atoms with Crippen molar-refractivity contribution in [3.05, 3.63) is 0 Å². The quantitative estimate of drug-likeness (QED) is 0.179. The molecule has 0 saturated heterocycles. The molecule has 0 aliphatic rings. The van der Waals surface area contributed by atoms with Gasteiger partial charge in [-0.25, -0.2) is 0 Å². The molecule has 0 fully saturated rings. The first-order valence-corrected chi connectivity index (χ1v) is 6.41. The molecule has 18 heavy (non-hydrogen) atoms. The van der Waals surface area contributed by atoms with Crippen LogP contribution in [0.1, 0.15) is 25.7 Å². The summed E-state index contributed by atoms with van der Waals surface area (Å²) in [7, 11) is 3.43. The Morgan fingerprint density at radius 3 is 2.33 bits per heavy atom. The van der Waals surface area contributed by atoms with Gasteiger partial charge in [-0.3, -0.25) is 0 Å². The molecule has 6 nitrogen and oxygen atoms in total. The predicted octanol–water partition coefficient (Wildman–Crippen LogP) is 0.888. The van der Waals surface area contributed by atoms with Gasteiger partial charge >= 0.3 is 0 Å². The Hall–Kier alpha value is -0.850. The number of rotatable bonds is 12. The lowest BCUT2D eigenvalue weighted by Crippen LogP contribution is -2.30. The van der Waals surface area contributed by atoms with Crippen LogP contribution in [0.2, 0.25) is 0 Å². The van der Waals surface area contributed by atoms with Crippen molar-refractivity contribution in [1.82, 2.24) is 4.90 Å². The van der Waals surface area contributed by atoms with Gasteiger partial charge in [-0.1, -0.05) is 5.16 Å². The Morgan fingerprint density at radius 2 is 1.72 bits per heavy atom. The molecule has 0 bridgehead atoms.